The first-order chi connectivity index (χ1) is 13.6. The minimum atomic E-state index is -0.127. The highest BCUT2D eigenvalue weighted by Gasteiger charge is 2.18. The maximum absolute atomic E-state index is 13.3. The second-order valence-corrected chi connectivity index (χ2v) is 7.53. The number of ketones is 1. The summed E-state index contributed by atoms with van der Waals surface area (Å²) < 4.78 is 1.64. The van der Waals surface area contributed by atoms with Gasteiger partial charge in [0.25, 0.3) is 5.56 Å². The predicted molar refractivity (Wildman–Crippen MR) is 113 cm³/mol. The van der Waals surface area contributed by atoms with E-state index >= 15 is 0 Å². The van der Waals surface area contributed by atoms with Gasteiger partial charge in [0.2, 0.25) is 0 Å². The molecule has 6 heteroatoms. The van der Waals surface area contributed by atoms with Crippen molar-refractivity contribution in [3.05, 3.63) is 88.0 Å². The maximum atomic E-state index is 13.3. The molecule has 0 fully saturated rings. The lowest BCUT2D eigenvalue weighted by molar-refractivity contribution is 0.101. The van der Waals surface area contributed by atoms with E-state index in [0.717, 1.165) is 16.8 Å². The number of aryl methyl sites for hydroxylation is 2. The summed E-state index contributed by atoms with van der Waals surface area (Å²) in [5, 5.41) is 1.08. The Bertz CT molecular complexity index is 1210. The highest BCUT2D eigenvalue weighted by Crippen LogP contribution is 2.25. The van der Waals surface area contributed by atoms with Gasteiger partial charge >= 0.3 is 0 Å². The van der Waals surface area contributed by atoms with Crippen molar-refractivity contribution in [2.45, 2.75) is 19.0 Å². The van der Waals surface area contributed by atoms with Crippen molar-refractivity contribution in [2.75, 3.05) is 5.75 Å². The van der Waals surface area contributed by atoms with Crippen LogP contribution in [-0.2, 0) is 0 Å². The number of hydrogen-bond acceptors (Lipinski definition) is 4. The number of carbonyl (C=O) groups is 1. The Morgan fingerprint density at radius 2 is 1.79 bits per heavy atom. The number of benzene rings is 2. The third kappa shape index (κ3) is 3.27. The molecule has 1 N–H and O–H groups in total. The number of nitrogens with zero attached hydrogens (tertiary/aromatic N) is 2. The van der Waals surface area contributed by atoms with E-state index in [4.69, 9.17) is 4.98 Å². The van der Waals surface area contributed by atoms with Gasteiger partial charge in [0.1, 0.15) is 0 Å². The van der Waals surface area contributed by atoms with Crippen LogP contribution in [0.5, 0.6) is 0 Å². The molecule has 140 valence electrons. The van der Waals surface area contributed by atoms with Crippen LogP contribution in [0.4, 0.5) is 0 Å². The van der Waals surface area contributed by atoms with Crippen molar-refractivity contribution in [3.63, 3.8) is 0 Å². The van der Waals surface area contributed by atoms with Gasteiger partial charge in [0.05, 0.1) is 28.0 Å². The van der Waals surface area contributed by atoms with Gasteiger partial charge in [-0.3, -0.25) is 14.2 Å². The van der Waals surface area contributed by atoms with Crippen LogP contribution in [0.15, 0.2) is 70.7 Å². The first kappa shape index (κ1) is 18.3. The van der Waals surface area contributed by atoms with Crippen LogP contribution in [0.2, 0.25) is 0 Å². The minimum absolute atomic E-state index is 0.0366. The van der Waals surface area contributed by atoms with Gasteiger partial charge in [-0.15, -0.1) is 0 Å². The Morgan fingerprint density at radius 3 is 2.50 bits per heavy atom. The van der Waals surface area contributed by atoms with Crippen LogP contribution in [0.25, 0.3) is 16.6 Å². The number of hydrogen-bond donors (Lipinski definition) is 1. The first-order valence-electron chi connectivity index (χ1n) is 8.94. The van der Waals surface area contributed by atoms with E-state index in [0.29, 0.717) is 21.8 Å². The Hall–Kier alpha value is -3.12. The molecule has 5 nitrogen and oxygen atoms in total. The first-order valence-corrected chi connectivity index (χ1v) is 9.92. The van der Waals surface area contributed by atoms with Crippen LogP contribution in [0.3, 0.4) is 0 Å². The average molecular weight is 389 g/mol. The van der Waals surface area contributed by atoms with Crippen LogP contribution in [0, 0.1) is 13.8 Å². The third-order valence-corrected chi connectivity index (χ3v) is 5.58. The summed E-state index contributed by atoms with van der Waals surface area (Å²) >= 11 is 1.28. The van der Waals surface area contributed by atoms with E-state index < -0.39 is 0 Å². The Morgan fingerprint density at radius 1 is 1.04 bits per heavy atom. The van der Waals surface area contributed by atoms with Gasteiger partial charge in [0, 0.05) is 6.20 Å². The van der Waals surface area contributed by atoms with E-state index in [-0.39, 0.29) is 17.1 Å². The van der Waals surface area contributed by atoms with Crippen molar-refractivity contribution < 1.29 is 4.79 Å². The van der Waals surface area contributed by atoms with Gasteiger partial charge in [0.15, 0.2) is 10.9 Å². The lowest BCUT2D eigenvalue weighted by atomic mass is 10.1. The summed E-state index contributed by atoms with van der Waals surface area (Å²) in [6.07, 6.45) is 1.72. The number of aromatic nitrogens is 3. The zero-order valence-corrected chi connectivity index (χ0v) is 16.4. The molecule has 0 aliphatic rings. The molecule has 4 aromatic rings. The predicted octanol–water partition coefficient (Wildman–Crippen LogP) is 4.31. The Labute approximate surface area is 166 Å². The van der Waals surface area contributed by atoms with Crippen LogP contribution < -0.4 is 5.56 Å². The summed E-state index contributed by atoms with van der Waals surface area (Å²) in [6.45, 7) is 3.95. The average Bonchev–Trinajstić information content (AvgIpc) is 3.23. The van der Waals surface area contributed by atoms with Crippen molar-refractivity contribution in [2.24, 2.45) is 0 Å². The lowest BCUT2D eigenvalue weighted by Gasteiger charge is -2.17. The molecule has 2 heterocycles. The molecular weight excluding hydrogens is 370 g/mol. The van der Waals surface area contributed by atoms with Crippen LogP contribution in [0.1, 0.15) is 21.6 Å². The molecular formula is C22H19N3O2S. The number of para-hydroxylation sites is 2. The topological polar surface area (TPSA) is 67.8 Å². The van der Waals surface area contributed by atoms with Crippen molar-refractivity contribution in [1.82, 2.24) is 14.5 Å². The molecule has 0 aliphatic heterocycles. The summed E-state index contributed by atoms with van der Waals surface area (Å²) in [4.78, 5) is 33.4. The fourth-order valence-electron chi connectivity index (χ4n) is 3.28. The molecule has 0 unspecified atom stereocenters. The molecule has 0 saturated heterocycles. The normalized spacial score (nSPS) is 11.1. The number of nitrogens with one attached hydrogen (secondary N) is 1. The number of aromatic amines is 1. The minimum Gasteiger partial charge on any atom is -0.359 e. The molecule has 0 saturated carbocycles. The number of rotatable bonds is 5. The van der Waals surface area contributed by atoms with Gasteiger partial charge in [-0.05, 0) is 49.2 Å². The highest BCUT2D eigenvalue weighted by molar-refractivity contribution is 7.99. The van der Waals surface area contributed by atoms with Gasteiger partial charge < -0.3 is 4.98 Å². The summed E-state index contributed by atoms with van der Waals surface area (Å²) in [6, 6.07) is 16.8. The monoisotopic (exact) mass is 389 g/mol. The van der Waals surface area contributed by atoms with E-state index in [9.17, 15) is 9.59 Å². The molecule has 0 bridgehead atoms. The van der Waals surface area contributed by atoms with Crippen LogP contribution >= 0.6 is 11.8 Å². The van der Waals surface area contributed by atoms with Crippen molar-refractivity contribution in [1.29, 1.82) is 0 Å². The summed E-state index contributed by atoms with van der Waals surface area (Å²) in [7, 11) is 0. The largest absolute Gasteiger partial charge is 0.359 e. The molecule has 2 aromatic heterocycles. The molecule has 0 spiro atoms. The van der Waals surface area contributed by atoms with E-state index in [1.165, 1.54) is 11.8 Å². The maximum Gasteiger partial charge on any atom is 0.266 e. The van der Waals surface area contributed by atoms with Gasteiger partial charge in [-0.25, -0.2) is 4.98 Å². The number of thioether (sulfide) groups is 1. The molecule has 0 aliphatic carbocycles. The van der Waals surface area contributed by atoms with E-state index in [1.807, 2.05) is 50.2 Å². The van der Waals surface area contributed by atoms with E-state index in [2.05, 4.69) is 4.98 Å². The fraction of sp³-hybridized carbons (Fsp3) is 0.136. The Balaban J connectivity index is 1.87. The molecule has 28 heavy (non-hydrogen) atoms. The number of H-pyrrole nitrogens is 1. The number of Topliss-reactive ketones (excluding diaryl/α,β-unsaturated/α-hetero) is 1. The standard InChI is InChI=1S/C22H19N3O2S/c1-14-7-5-8-15(2)20(14)25-21(27)16-9-3-4-10-17(16)24-22(25)28-13-19(26)18-11-6-12-23-18/h3-12,23H,13H2,1-2H3. The van der Waals surface area contributed by atoms with Gasteiger partial charge in [-0.1, -0.05) is 42.1 Å². The number of carbonyl (C=O) groups excluding carboxylic acids is 1. The highest BCUT2D eigenvalue weighted by atomic mass is 32.2. The lowest BCUT2D eigenvalue weighted by Crippen LogP contribution is -2.23. The zero-order valence-electron chi connectivity index (χ0n) is 15.6. The quantitative estimate of drug-likeness (QED) is 0.314. The summed E-state index contributed by atoms with van der Waals surface area (Å²) in [5.41, 5.74) is 3.84. The Kier molecular flexibility index (Phi) is 4.88. The van der Waals surface area contributed by atoms with Crippen molar-refractivity contribution in [3.8, 4) is 5.69 Å². The third-order valence-electron chi connectivity index (χ3n) is 4.64. The second kappa shape index (κ2) is 7.48. The molecule has 0 radical (unpaired) electrons. The van der Waals surface area contributed by atoms with E-state index in [1.54, 1.807) is 29.0 Å². The smallest absolute Gasteiger partial charge is 0.266 e. The van der Waals surface area contributed by atoms with Crippen molar-refractivity contribution >= 4 is 28.4 Å². The number of fused-ring (bicyclic) bond motifs is 1. The van der Waals surface area contributed by atoms with Crippen LogP contribution in [-0.4, -0.2) is 26.1 Å². The molecule has 4 rings (SSSR count). The molecule has 2 aromatic carbocycles. The fourth-order valence-corrected chi connectivity index (χ4v) is 4.16. The zero-order chi connectivity index (χ0) is 19.7. The molecule has 0 amide bonds. The van der Waals surface area contributed by atoms with Gasteiger partial charge in [-0.2, -0.15) is 0 Å². The molecule has 0 atom stereocenters. The second-order valence-electron chi connectivity index (χ2n) is 6.59. The SMILES string of the molecule is Cc1cccc(C)c1-n1c(SCC(=O)c2ccc[nH]2)nc2ccccc2c1=O. The summed E-state index contributed by atoms with van der Waals surface area (Å²) in [5.74, 6) is 0.154.